The van der Waals surface area contributed by atoms with Gasteiger partial charge in [0.1, 0.15) is 29.0 Å². The Balaban J connectivity index is 1.97. The zero-order valence-electron chi connectivity index (χ0n) is 20.0. The van der Waals surface area contributed by atoms with E-state index in [-0.39, 0.29) is 28.3 Å². The summed E-state index contributed by atoms with van der Waals surface area (Å²) in [4.78, 5) is 26.4. The minimum absolute atomic E-state index is 0.122. The lowest BCUT2D eigenvalue weighted by Gasteiger charge is -2.38. The van der Waals surface area contributed by atoms with Crippen molar-refractivity contribution in [2.24, 2.45) is 11.3 Å². The molecule has 174 valence electrons. The van der Waals surface area contributed by atoms with Crippen molar-refractivity contribution >= 4 is 34.7 Å². The summed E-state index contributed by atoms with van der Waals surface area (Å²) in [7, 11) is -2.36. The van der Waals surface area contributed by atoms with E-state index in [1.165, 1.54) is 6.92 Å². The number of Topliss-reactive ketones (excluding diaryl/α,β-unsaturated/α-hetero) is 2. The van der Waals surface area contributed by atoms with Crippen molar-refractivity contribution in [1.82, 2.24) is 0 Å². The van der Waals surface area contributed by atoms with Crippen LogP contribution in [0.1, 0.15) is 33.6 Å². The normalized spacial score (nSPS) is 16.9. The first-order chi connectivity index (χ1) is 16.2. The Bertz CT molecular complexity index is 1100. The molecule has 0 fully saturated rings. The largest absolute Gasteiger partial charge is 0.875 e. The summed E-state index contributed by atoms with van der Waals surface area (Å²) in [6, 6.07) is 30.8. The highest BCUT2D eigenvalue weighted by Crippen LogP contribution is 2.58. The number of ketones is 2. The number of carbonyl (C=O) groups is 2. The van der Waals surface area contributed by atoms with Crippen LogP contribution in [0.4, 0.5) is 0 Å². The van der Waals surface area contributed by atoms with E-state index in [2.05, 4.69) is 36.4 Å². The van der Waals surface area contributed by atoms with Gasteiger partial charge in [0.15, 0.2) is 5.78 Å². The summed E-state index contributed by atoms with van der Waals surface area (Å²) in [6.45, 7) is 5.41. The van der Waals surface area contributed by atoms with Crippen molar-refractivity contribution in [1.29, 1.82) is 0 Å². The Morgan fingerprint density at radius 1 is 0.824 bits per heavy atom. The Labute approximate surface area is 202 Å². The van der Waals surface area contributed by atoms with E-state index in [1.807, 2.05) is 68.4 Å². The second-order valence-electron chi connectivity index (χ2n) is 9.94. The predicted octanol–water partition coefficient (Wildman–Crippen LogP) is 4.19. The molecule has 0 saturated carbocycles. The van der Waals surface area contributed by atoms with Crippen molar-refractivity contribution < 1.29 is 14.7 Å². The van der Waals surface area contributed by atoms with Crippen molar-refractivity contribution in [3.8, 4) is 0 Å². The molecule has 0 bridgehead atoms. The molecule has 4 rings (SSSR count). The van der Waals surface area contributed by atoms with Crippen LogP contribution in [-0.4, -0.2) is 17.7 Å². The van der Waals surface area contributed by atoms with E-state index >= 15 is 0 Å². The highest BCUT2D eigenvalue weighted by molar-refractivity contribution is 7.95. The fourth-order valence-corrected chi connectivity index (χ4v) is 9.73. The number of carbonyl (C=O) groups excluding carboxylic acids is 2. The summed E-state index contributed by atoms with van der Waals surface area (Å²) < 4.78 is 0. The third kappa shape index (κ3) is 4.63. The average molecular weight is 471 g/mol. The summed E-state index contributed by atoms with van der Waals surface area (Å²) in [5, 5.41) is 16.7. The molecule has 0 aliphatic heterocycles. The Hall–Kier alpha value is -3.03. The van der Waals surface area contributed by atoms with Crippen molar-refractivity contribution in [3.05, 3.63) is 102 Å². The second-order valence-corrected chi connectivity index (χ2v) is 13.5. The molecule has 3 nitrogen and oxygen atoms in total. The van der Waals surface area contributed by atoms with Gasteiger partial charge in [-0.15, -0.1) is 5.76 Å². The van der Waals surface area contributed by atoms with Gasteiger partial charge in [-0.2, -0.15) is 0 Å². The van der Waals surface area contributed by atoms with E-state index in [4.69, 9.17) is 0 Å². The lowest BCUT2D eigenvalue weighted by molar-refractivity contribution is -0.313. The van der Waals surface area contributed by atoms with Gasteiger partial charge >= 0.3 is 0 Å². The van der Waals surface area contributed by atoms with Gasteiger partial charge in [-0.3, -0.25) is 9.59 Å². The first kappa shape index (κ1) is 24.1. The fourth-order valence-electron chi connectivity index (χ4n) is 5.17. The molecule has 1 atom stereocenters. The van der Waals surface area contributed by atoms with Gasteiger partial charge in [0.25, 0.3) is 0 Å². The van der Waals surface area contributed by atoms with Crippen LogP contribution in [0.3, 0.4) is 0 Å². The van der Waals surface area contributed by atoms with Gasteiger partial charge in [-0.25, -0.2) is 0 Å². The van der Waals surface area contributed by atoms with E-state index in [0.29, 0.717) is 19.0 Å². The first-order valence-corrected chi connectivity index (χ1v) is 13.7. The van der Waals surface area contributed by atoms with Crippen molar-refractivity contribution in [2.45, 2.75) is 33.6 Å². The molecular weight excluding hydrogens is 439 g/mol. The topological polar surface area (TPSA) is 57.2 Å². The van der Waals surface area contributed by atoms with Crippen LogP contribution in [0.25, 0.3) is 0 Å². The highest BCUT2D eigenvalue weighted by Gasteiger charge is 2.49. The van der Waals surface area contributed by atoms with Crippen LogP contribution in [0.15, 0.2) is 102 Å². The minimum atomic E-state index is -2.36. The average Bonchev–Trinajstić information content (AvgIpc) is 2.82. The van der Waals surface area contributed by atoms with Gasteiger partial charge in [-0.05, 0) is 60.7 Å². The van der Waals surface area contributed by atoms with Crippen LogP contribution < -0.4 is 21.0 Å². The third-order valence-corrected chi connectivity index (χ3v) is 11.2. The SMILES string of the molecule is CC(=O)C(C[P+](c1ccccc1)(c1ccccc1)c1ccccc1)C1=C([O-])CC(C)(C)CC1=O. The smallest absolute Gasteiger partial charge is 0.159 e. The molecule has 3 aromatic rings. The predicted molar refractivity (Wildman–Crippen MR) is 139 cm³/mol. The molecule has 0 N–H and O–H groups in total. The van der Waals surface area contributed by atoms with Gasteiger partial charge in [0, 0.05) is 6.42 Å². The molecule has 0 aromatic heterocycles. The summed E-state index contributed by atoms with van der Waals surface area (Å²) in [6.07, 6.45) is 1.02. The van der Waals surface area contributed by atoms with E-state index in [9.17, 15) is 14.7 Å². The number of rotatable bonds is 7. The van der Waals surface area contributed by atoms with E-state index < -0.39 is 13.2 Å². The summed E-state index contributed by atoms with van der Waals surface area (Å²) >= 11 is 0. The number of hydrogen-bond acceptors (Lipinski definition) is 3. The molecule has 0 saturated heterocycles. The van der Waals surface area contributed by atoms with Crippen LogP contribution in [-0.2, 0) is 9.59 Å². The lowest BCUT2D eigenvalue weighted by atomic mass is 9.73. The Kier molecular flexibility index (Phi) is 6.86. The van der Waals surface area contributed by atoms with Gasteiger partial charge in [0.05, 0.1) is 12.1 Å². The molecule has 1 aliphatic rings. The molecule has 0 spiro atoms. The summed E-state index contributed by atoms with van der Waals surface area (Å²) in [5.41, 5.74) is -0.164. The second kappa shape index (κ2) is 9.68. The lowest BCUT2D eigenvalue weighted by Crippen LogP contribution is -2.41. The molecule has 0 radical (unpaired) electrons. The third-order valence-electron chi connectivity index (χ3n) is 6.77. The fraction of sp³-hybridized carbons (Fsp3) is 0.267. The van der Waals surface area contributed by atoms with Crippen LogP contribution in [0.2, 0.25) is 0 Å². The van der Waals surface area contributed by atoms with Gasteiger partial charge < -0.3 is 5.11 Å². The minimum Gasteiger partial charge on any atom is -0.875 e. The monoisotopic (exact) mass is 470 g/mol. The number of hydrogen-bond donors (Lipinski definition) is 0. The molecule has 34 heavy (non-hydrogen) atoms. The number of allylic oxidation sites excluding steroid dienone is 2. The maximum absolute atomic E-state index is 13.3. The maximum Gasteiger partial charge on any atom is 0.159 e. The Morgan fingerprint density at radius 3 is 1.59 bits per heavy atom. The molecule has 0 heterocycles. The molecule has 1 unspecified atom stereocenters. The number of benzene rings is 3. The first-order valence-electron chi connectivity index (χ1n) is 11.7. The van der Waals surface area contributed by atoms with E-state index in [1.54, 1.807) is 0 Å². The van der Waals surface area contributed by atoms with Gasteiger partial charge in [-0.1, -0.05) is 68.4 Å². The van der Waals surface area contributed by atoms with Crippen molar-refractivity contribution in [2.75, 3.05) is 6.16 Å². The molecule has 4 heteroatoms. The van der Waals surface area contributed by atoms with Crippen LogP contribution in [0.5, 0.6) is 0 Å². The summed E-state index contributed by atoms with van der Waals surface area (Å²) in [5.74, 6) is -1.20. The van der Waals surface area contributed by atoms with Gasteiger partial charge in [0.2, 0.25) is 0 Å². The van der Waals surface area contributed by atoms with Crippen molar-refractivity contribution in [3.63, 3.8) is 0 Å². The standard InChI is InChI=1S/C30H31O3P/c1-22(31)26(29-27(32)19-30(2,3)20-28(29)33)21-34(23-13-7-4-8-14-23,24-15-9-5-10-16-24)25-17-11-6-12-18-25/h4-18,26H,19-21H2,1-3H3. The highest BCUT2D eigenvalue weighted by atomic mass is 31.2. The zero-order chi connectivity index (χ0) is 24.3. The molecule has 3 aromatic carbocycles. The molecule has 1 aliphatic carbocycles. The zero-order valence-corrected chi connectivity index (χ0v) is 20.9. The quantitative estimate of drug-likeness (QED) is 0.487. The molecular formula is C30H31O3P. The molecule has 0 amide bonds. The van der Waals surface area contributed by atoms with Crippen LogP contribution >= 0.6 is 7.26 Å². The Morgan fingerprint density at radius 2 is 1.24 bits per heavy atom. The maximum atomic E-state index is 13.3. The van der Waals surface area contributed by atoms with E-state index in [0.717, 1.165) is 15.9 Å². The van der Waals surface area contributed by atoms with Crippen LogP contribution in [0, 0.1) is 11.3 Å².